The lowest BCUT2D eigenvalue weighted by Crippen LogP contribution is -2.23. The number of nitrogens with zero attached hydrogens (tertiary/aromatic N) is 1. The van der Waals surface area contributed by atoms with Crippen molar-refractivity contribution < 1.29 is 14.3 Å². The highest BCUT2D eigenvalue weighted by Crippen LogP contribution is 2.14. The minimum Gasteiger partial charge on any atom is -0.505 e. The Kier molecular flexibility index (Phi) is 4.27. The molecule has 6 heteroatoms. The fraction of sp³-hybridized carbons (Fsp3) is 0.143. The van der Waals surface area contributed by atoms with Crippen LogP contribution >= 0.6 is 0 Å². The zero-order valence-electron chi connectivity index (χ0n) is 10.6. The van der Waals surface area contributed by atoms with Crippen molar-refractivity contribution in [3.63, 3.8) is 0 Å². The standard InChI is InChI=1S/C14H14FN3O2/c15-12-5-9(6-16)1-2-10(12)7-18-14(20)11-3-4-17-8-13(11)19/h1-5,8,19H,6-7,16H2,(H,18,20). The molecule has 0 unspecified atom stereocenters. The van der Waals surface area contributed by atoms with E-state index in [9.17, 15) is 14.3 Å². The number of rotatable bonds is 4. The molecule has 1 aromatic carbocycles. The van der Waals surface area contributed by atoms with Crippen LogP contribution in [0.15, 0.2) is 36.7 Å². The highest BCUT2D eigenvalue weighted by Gasteiger charge is 2.11. The van der Waals surface area contributed by atoms with Crippen LogP contribution in [0.25, 0.3) is 0 Å². The third-order valence-corrected chi connectivity index (χ3v) is 2.84. The average molecular weight is 275 g/mol. The quantitative estimate of drug-likeness (QED) is 0.785. The predicted molar refractivity (Wildman–Crippen MR) is 71.4 cm³/mol. The molecule has 0 aliphatic carbocycles. The smallest absolute Gasteiger partial charge is 0.255 e. The zero-order chi connectivity index (χ0) is 14.5. The van der Waals surface area contributed by atoms with E-state index in [1.165, 1.54) is 24.5 Å². The molecule has 0 saturated heterocycles. The number of nitrogens with one attached hydrogen (secondary N) is 1. The Labute approximate surface area is 115 Å². The second-order valence-corrected chi connectivity index (χ2v) is 4.21. The largest absolute Gasteiger partial charge is 0.505 e. The van der Waals surface area contributed by atoms with Gasteiger partial charge in [-0.2, -0.15) is 0 Å². The van der Waals surface area contributed by atoms with Gasteiger partial charge in [0, 0.05) is 24.8 Å². The van der Waals surface area contributed by atoms with Crippen LogP contribution in [0.1, 0.15) is 21.5 Å². The number of aromatic hydroxyl groups is 1. The number of benzene rings is 1. The van der Waals surface area contributed by atoms with Gasteiger partial charge in [-0.1, -0.05) is 12.1 Å². The molecular formula is C14H14FN3O2. The van der Waals surface area contributed by atoms with Gasteiger partial charge in [0.25, 0.3) is 5.91 Å². The Hall–Kier alpha value is -2.47. The van der Waals surface area contributed by atoms with Crippen LogP contribution in [0.4, 0.5) is 4.39 Å². The molecule has 0 atom stereocenters. The Morgan fingerprint density at radius 1 is 1.40 bits per heavy atom. The van der Waals surface area contributed by atoms with Crippen molar-refractivity contribution in [1.82, 2.24) is 10.3 Å². The van der Waals surface area contributed by atoms with Crippen molar-refractivity contribution in [2.24, 2.45) is 5.73 Å². The van der Waals surface area contributed by atoms with E-state index < -0.39 is 11.7 Å². The lowest BCUT2D eigenvalue weighted by molar-refractivity contribution is 0.0948. The monoisotopic (exact) mass is 275 g/mol. The highest BCUT2D eigenvalue weighted by atomic mass is 19.1. The topological polar surface area (TPSA) is 88.2 Å². The fourth-order valence-corrected chi connectivity index (χ4v) is 1.71. The molecule has 1 aromatic heterocycles. The summed E-state index contributed by atoms with van der Waals surface area (Å²) in [5, 5.41) is 12.0. The van der Waals surface area contributed by atoms with Crippen LogP contribution < -0.4 is 11.1 Å². The molecule has 20 heavy (non-hydrogen) atoms. The summed E-state index contributed by atoms with van der Waals surface area (Å²) in [5.41, 5.74) is 6.55. The number of nitrogens with two attached hydrogens (primary N) is 1. The molecule has 1 amide bonds. The van der Waals surface area contributed by atoms with Gasteiger partial charge >= 0.3 is 0 Å². The van der Waals surface area contributed by atoms with E-state index in [-0.39, 0.29) is 24.4 Å². The first-order valence-corrected chi connectivity index (χ1v) is 6.00. The van der Waals surface area contributed by atoms with Crippen molar-refractivity contribution in [3.8, 4) is 5.75 Å². The molecule has 2 aromatic rings. The van der Waals surface area contributed by atoms with E-state index in [0.717, 1.165) is 0 Å². The van der Waals surface area contributed by atoms with Gasteiger partial charge in [0.2, 0.25) is 0 Å². The Bertz CT molecular complexity index is 632. The number of amides is 1. The first-order valence-electron chi connectivity index (χ1n) is 6.00. The maximum absolute atomic E-state index is 13.7. The lowest BCUT2D eigenvalue weighted by atomic mass is 10.1. The summed E-state index contributed by atoms with van der Waals surface area (Å²) in [7, 11) is 0. The molecule has 2 rings (SSSR count). The SMILES string of the molecule is NCc1ccc(CNC(=O)c2ccncc2O)c(F)c1. The van der Waals surface area contributed by atoms with E-state index >= 15 is 0 Å². The van der Waals surface area contributed by atoms with Crippen LogP contribution in [0.2, 0.25) is 0 Å². The third kappa shape index (κ3) is 3.10. The van der Waals surface area contributed by atoms with Gasteiger partial charge in [0.1, 0.15) is 11.6 Å². The van der Waals surface area contributed by atoms with E-state index in [1.807, 2.05) is 0 Å². The third-order valence-electron chi connectivity index (χ3n) is 2.84. The van der Waals surface area contributed by atoms with Gasteiger partial charge in [0.05, 0.1) is 11.8 Å². The number of halogens is 1. The summed E-state index contributed by atoms with van der Waals surface area (Å²) < 4.78 is 13.7. The van der Waals surface area contributed by atoms with E-state index in [1.54, 1.807) is 12.1 Å². The van der Waals surface area contributed by atoms with Crippen LogP contribution in [0.3, 0.4) is 0 Å². The summed E-state index contributed by atoms with van der Waals surface area (Å²) in [6.45, 7) is 0.283. The van der Waals surface area contributed by atoms with Crippen molar-refractivity contribution in [1.29, 1.82) is 0 Å². The Balaban J connectivity index is 2.06. The normalized spacial score (nSPS) is 10.3. The summed E-state index contributed by atoms with van der Waals surface area (Å²) in [4.78, 5) is 15.5. The Morgan fingerprint density at radius 2 is 2.20 bits per heavy atom. The van der Waals surface area contributed by atoms with E-state index in [0.29, 0.717) is 11.1 Å². The lowest BCUT2D eigenvalue weighted by Gasteiger charge is -2.08. The van der Waals surface area contributed by atoms with Gasteiger partial charge in [-0.3, -0.25) is 9.78 Å². The number of hydrogen-bond donors (Lipinski definition) is 3. The van der Waals surface area contributed by atoms with Gasteiger partial charge in [0.15, 0.2) is 0 Å². The van der Waals surface area contributed by atoms with E-state index in [2.05, 4.69) is 10.3 Å². The second-order valence-electron chi connectivity index (χ2n) is 4.21. The number of aromatic nitrogens is 1. The maximum atomic E-state index is 13.7. The van der Waals surface area contributed by atoms with Gasteiger partial charge in [-0.05, 0) is 17.7 Å². The predicted octanol–water partition coefficient (Wildman–Crippen LogP) is 1.32. The van der Waals surface area contributed by atoms with Crippen molar-refractivity contribution in [2.45, 2.75) is 13.1 Å². The molecule has 104 valence electrons. The minimum absolute atomic E-state index is 0.0251. The zero-order valence-corrected chi connectivity index (χ0v) is 10.6. The van der Waals surface area contributed by atoms with Crippen LogP contribution in [0.5, 0.6) is 5.75 Å². The van der Waals surface area contributed by atoms with Gasteiger partial charge in [-0.15, -0.1) is 0 Å². The molecule has 1 heterocycles. The number of carbonyl (C=O) groups excluding carboxylic acids is 1. The number of hydrogen-bond acceptors (Lipinski definition) is 4. The maximum Gasteiger partial charge on any atom is 0.255 e. The summed E-state index contributed by atoms with van der Waals surface area (Å²) in [6.07, 6.45) is 2.57. The highest BCUT2D eigenvalue weighted by molar-refractivity contribution is 5.96. The number of pyridine rings is 1. The van der Waals surface area contributed by atoms with Crippen LogP contribution in [0, 0.1) is 5.82 Å². The molecular weight excluding hydrogens is 261 g/mol. The van der Waals surface area contributed by atoms with Crippen molar-refractivity contribution in [3.05, 3.63) is 59.2 Å². The molecule has 0 saturated carbocycles. The molecule has 0 aliphatic heterocycles. The molecule has 0 spiro atoms. The molecule has 5 nitrogen and oxygen atoms in total. The van der Waals surface area contributed by atoms with Crippen molar-refractivity contribution >= 4 is 5.91 Å². The van der Waals surface area contributed by atoms with Gasteiger partial charge in [-0.25, -0.2) is 4.39 Å². The summed E-state index contributed by atoms with van der Waals surface area (Å²) >= 11 is 0. The molecule has 4 N–H and O–H groups in total. The Morgan fingerprint density at radius 3 is 2.85 bits per heavy atom. The molecule has 0 fully saturated rings. The summed E-state index contributed by atoms with van der Waals surface area (Å²) in [6, 6.07) is 6.00. The molecule has 0 bridgehead atoms. The van der Waals surface area contributed by atoms with E-state index in [4.69, 9.17) is 5.73 Å². The molecule has 0 radical (unpaired) electrons. The first-order chi connectivity index (χ1) is 9.61. The first kappa shape index (κ1) is 14.0. The molecule has 0 aliphatic rings. The van der Waals surface area contributed by atoms with Crippen molar-refractivity contribution in [2.75, 3.05) is 0 Å². The second kappa shape index (κ2) is 6.12. The number of carbonyl (C=O) groups is 1. The summed E-state index contributed by atoms with van der Waals surface area (Å²) in [5.74, 6) is -1.14. The minimum atomic E-state index is -0.493. The van der Waals surface area contributed by atoms with Gasteiger partial charge < -0.3 is 16.2 Å². The fourth-order valence-electron chi connectivity index (χ4n) is 1.71. The average Bonchev–Trinajstić information content (AvgIpc) is 2.46. The van der Waals surface area contributed by atoms with Crippen LogP contribution in [-0.4, -0.2) is 16.0 Å². The van der Waals surface area contributed by atoms with Crippen LogP contribution in [-0.2, 0) is 13.1 Å².